The van der Waals surface area contributed by atoms with Gasteiger partial charge in [0.05, 0.1) is 6.54 Å². The third kappa shape index (κ3) is 2.30. The van der Waals surface area contributed by atoms with Crippen LogP contribution in [0.15, 0.2) is 0 Å². The molecule has 0 amide bonds. The number of nitrogens with two attached hydrogens (primary N) is 1. The van der Waals surface area contributed by atoms with Gasteiger partial charge in [0.15, 0.2) is 0 Å². The fourth-order valence-corrected chi connectivity index (χ4v) is 0.620. The van der Waals surface area contributed by atoms with Crippen LogP contribution < -0.4 is 11.3 Å². The monoisotopic (exact) mass is 246 g/mol. The van der Waals surface area contributed by atoms with Crippen LogP contribution in [0.1, 0.15) is 0 Å². The molecule has 0 rings (SSSR count). The molecular weight excluding hydrogens is 240 g/mol. The highest BCUT2D eigenvalue weighted by Crippen LogP contribution is 2.48. The van der Waals surface area contributed by atoms with Crippen molar-refractivity contribution in [1.82, 2.24) is 5.43 Å². The molecule has 0 spiro atoms. The van der Waals surface area contributed by atoms with Crippen LogP contribution in [0.4, 0.5) is 35.1 Å². The van der Waals surface area contributed by atoms with E-state index in [1.54, 1.807) is 0 Å². The first-order valence-corrected chi connectivity index (χ1v) is 3.35. The van der Waals surface area contributed by atoms with Gasteiger partial charge in [0, 0.05) is 0 Å². The van der Waals surface area contributed by atoms with Gasteiger partial charge in [0.2, 0.25) is 0 Å². The van der Waals surface area contributed by atoms with Gasteiger partial charge in [-0.05, 0) is 0 Å². The van der Waals surface area contributed by atoms with Crippen LogP contribution in [0.25, 0.3) is 0 Å². The van der Waals surface area contributed by atoms with Crippen molar-refractivity contribution in [3.63, 3.8) is 0 Å². The van der Waals surface area contributed by atoms with Crippen LogP contribution in [0.3, 0.4) is 0 Å². The molecule has 10 heteroatoms. The van der Waals surface area contributed by atoms with E-state index in [9.17, 15) is 35.1 Å². The quantitative estimate of drug-likeness (QED) is 0.439. The molecule has 0 saturated carbocycles. The Morgan fingerprint density at radius 1 is 1.00 bits per heavy atom. The Hall–Kier alpha value is -0.640. The predicted molar refractivity (Wildman–Crippen MR) is 33.0 cm³/mol. The number of rotatable bonds is 5. The van der Waals surface area contributed by atoms with Crippen LogP contribution in [0.2, 0.25) is 0 Å². The molecule has 2 nitrogen and oxygen atoms in total. The summed E-state index contributed by atoms with van der Waals surface area (Å²) in [7, 11) is 0. The summed E-state index contributed by atoms with van der Waals surface area (Å²) in [4.78, 5) is 0. The largest absolute Gasteiger partial charge is 0.379 e. The second-order valence-electron chi connectivity index (χ2n) is 2.58. The zero-order chi connectivity index (χ0) is 12.5. The molecule has 0 aliphatic heterocycles. The highest BCUT2D eigenvalue weighted by Gasteiger charge is 2.74. The van der Waals surface area contributed by atoms with Crippen LogP contribution >= 0.6 is 0 Å². The predicted octanol–water partition coefficient (Wildman–Crippen LogP) is 1.62. The molecule has 0 aliphatic carbocycles. The van der Waals surface area contributed by atoms with Gasteiger partial charge in [-0.15, -0.1) is 0 Å². The summed E-state index contributed by atoms with van der Waals surface area (Å²) in [5, 5.41) is 0. The molecule has 0 aromatic heterocycles. The van der Waals surface area contributed by atoms with Gasteiger partial charge in [0.25, 0.3) is 0 Å². The molecule has 0 radical (unpaired) electrons. The number of hydrogen-bond acceptors (Lipinski definition) is 2. The van der Waals surface area contributed by atoms with Crippen LogP contribution in [0, 0.1) is 0 Å². The molecule has 0 bridgehead atoms. The normalized spacial score (nSPS) is 14.8. The van der Waals surface area contributed by atoms with Crippen molar-refractivity contribution in [2.45, 2.75) is 24.2 Å². The van der Waals surface area contributed by atoms with Crippen LogP contribution in [-0.4, -0.2) is 30.7 Å². The molecule has 0 fully saturated rings. The standard InChI is InChI=1S/C5H6F8N2/c6-2(7)4(10,11)5(12,13)3(8,9)1-15-14/h2,15H,1,14H2. The minimum atomic E-state index is -6.19. The second kappa shape index (κ2) is 4.08. The van der Waals surface area contributed by atoms with E-state index in [1.165, 1.54) is 0 Å². The Morgan fingerprint density at radius 3 is 1.67 bits per heavy atom. The molecule has 0 heterocycles. The van der Waals surface area contributed by atoms with Crippen molar-refractivity contribution < 1.29 is 35.1 Å². The van der Waals surface area contributed by atoms with Crippen molar-refractivity contribution in [3.8, 4) is 0 Å². The minimum absolute atomic E-state index is 1.02. The molecule has 0 atom stereocenters. The first-order valence-electron chi connectivity index (χ1n) is 3.35. The SMILES string of the molecule is NNCC(F)(F)C(F)(F)C(F)(F)C(F)F. The number of hydrazine groups is 1. The summed E-state index contributed by atoms with van der Waals surface area (Å²) in [5.41, 5.74) is 1.02. The maximum atomic E-state index is 12.4. The van der Waals surface area contributed by atoms with E-state index in [0.717, 1.165) is 5.43 Å². The van der Waals surface area contributed by atoms with Crippen molar-refractivity contribution in [3.05, 3.63) is 0 Å². The van der Waals surface area contributed by atoms with Gasteiger partial charge in [-0.3, -0.25) is 11.3 Å². The van der Waals surface area contributed by atoms with Crippen molar-refractivity contribution >= 4 is 0 Å². The molecular formula is C5H6F8N2. The molecule has 0 aliphatic rings. The highest BCUT2D eigenvalue weighted by atomic mass is 19.4. The summed E-state index contributed by atoms with van der Waals surface area (Å²) in [5.74, 6) is -13.5. The lowest BCUT2D eigenvalue weighted by Gasteiger charge is -2.31. The van der Waals surface area contributed by atoms with E-state index in [2.05, 4.69) is 5.84 Å². The third-order valence-corrected chi connectivity index (χ3v) is 1.48. The average molecular weight is 246 g/mol. The summed E-state index contributed by atoms with van der Waals surface area (Å²) >= 11 is 0. The van der Waals surface area contributed by atoms with Crippen molar-refractivity contribution in [1.29, 1.82) is 0 Å². The van der Waals surface area contributed by atoms with Gasteiger partial charge in [-0.25, -0.2) is 8.78 Å². The molecule has 0 saturated heterocycles. The van der Waals surface area contributed by atoms with E-state index >= 15 is 0 Å². The van der Waals surface area contributed by atoms with Gasteiger partial charge < -0.3 is 0 Å². The van der Waals surface area contributed by atoms with Gasteiger partial charge in [-0.2, -0.15) is 26.3 Å². The first kappa shape index (κ1) is 14.4. The fourth-order valence-electron chi connectivity index (χ4n) is 0.620. The lowest BCUT2D eigenvalue weighted by Crippen LogP contribution is -2.61. The first-order chi connectivity index (χ1) is 6.50. The number of nitrogens with one attached hydrogen (secondary N) is 1. The van der Waals surface area contributed by atoms with E-state index in [4.69, 9.17) is 0 Å². The zero-order valence-corrected chi connectivity index (χ0v) is 6.89. The Kier molecular flexibility index (Phi) is 3.91. The minimum Gasteiger partial charge on any atom is -0.271 e. The highest BCUT2D eigenvalue weighted by molar-refractivity contribution is 4.98. The molecule has 3 N–H and O–H groups in total. The smallest absolute Gasteiger partial charge is 0.271 e. The Balaban J connectivity index is 5.11. The van der Waals surface area contributed by atoms with E-state index in [-0.39, 0.29) is 0 Å². The Labute approximate surface area is 78.4 Å². The van der Waals surface area contributed by atoms with Crippen LogP contribution in [-0.2, 0) is 0 Å². The molecule has 92 valence electrons. The molecule has 0 aromatic rings. The lowest BCUT2D eigenvalue weighted by molar-refractivity contribution is -0.336. The van der Waals surface area contributed by atoms with E-state index < -0.39 is 30.7 Å². The Morgan fingerprint density at radius 2 is 1.40 bits per heavy atom. The second-order valence-corrected chi connectivity index (χ2v) is 2.58. The summed E-state index contributed by atoms with van der Waals surface area (Å²) in [6, 6.07) is 0. The topological polar surface area (TPSA) is 38.0 Å². The van der Waals surface area contributed by atoms with Gasteiger partial charge >= 0.3 is 24.2 Å². The maximum Gasteiger partial charge on any atom is 0.379 e. The maximum absolute atomic E-state index is 12.4. The average Bonchev–Trinajstić information content (AvgIpc) is 2.02. The number of halogens is 8. The number of hydrogen-bond donors (Lipinski definition) is 2. The van der Waals surface area contributed by atoms with Crippen molar-refractivity contribution in [2.24, 2.45) is 5.84 Å². The van der Waals surface area contributed by atoms with E-state index in [0.29, 0.717) is 0 Å². The third-order valence-electron chi connectivity index (χ3n) is 1.48. The van der Waals surface area contributed by atoms with Gasteiger partial charge in [-0.1, -0.05) is 0 Å². The molecule has 15 heavy (non-hydrogen) atoms. The fraction of sp³-hybridized carbons (Fsp3) is 1.00. The summed E-state index contributed by atoms with van der Waals surface area (Å²) in [6.07, 6.45) is -4.91. The van der Waals surface area contributed by atoms with Gasteiger partial charge in [0.1, 0.15) is 0 Å². The van der Waals surface area contributed by atoms with Crippen molar-refractivity contribution in [2.75, 3.05) is 6.54 Å². The lowest BCUT2D eigenvalue weighted by atomic mass is 10.1. The number of alkyl halides is 8. The zero-order valence-electron chi connectivity index (χ0n) is 6.89. The molecule has 0 aromatic carbocycles. The molecule has 0 unspecified atom stereocenters. The van der Waals surface area contributed by atoms with Crippen LogP contribution in [0.5, 0.6) is 0 Å². The Bertz CT molecular complexity index is 215. The summed E-state index contributed by atoms with van der Waals surface area (Å²) in [6.45, 7) is -2.05. The van der Waals surface area contributed by atoms with E-state index in [1.807, 2.05) is 0 Å². The summed E-state index contributed by atoms with van der Waals surface area (Å²) < 4.78 is 96.5.